The average molecular weight is 275 g/mol. The molecule has 0 unspecified atom stereocenters. The number of hydrogen-bond acceptors (Lipinski definition) is 3. The van der Waals surface area contributed by atoms with Crippen LogP contribution >= 0.6 is 0 Å². The summed E-state index contributed by atoms with van der Waals surface area (Å²) in [6, 6.07) is 7.40. The number of oxime groups is 1. The third-order valence-corrected chi connectivity index (χ3v) is 3.83. The van der Waals surface area contributed by atoms with Crippen LogP contribution in [0.25, 0.3) is 0 Å². The number of hydrogen-bond donors (Lipinski definition) is 2. The van der Waals surface area contributed by atoms with E-state index in [1.165, 1.54) is 0 Å². The van der Waals surface area contributed by atoms with E-state index in [1.807, 2.05) is 25.2 Å². The molecule has 0 aromatic heterocycles. The van der Waals surface area contributed by atoms with Gasteiger partial charge in [-0.05, 0) is 24.5 Å². The molecule has 0 saturated heterocycles. The van der Waals surface area contributed by atoms with Gasteiger partial charge >= 0.3 is 0 Å². The van der Waals surface area contributed by atoms with Gasteiger partial charge in [-0.3, -0.25) is 4.79 Å². The second-order valence-corrected chi connectivity index (χ2v) is 5.36. The molecule has 0 bridgehead atoms. The Hall–Kier alpha value is -2.04. The summed E-state index contributed by atoms with van der Waals surface area (Å²) >= 11 is 0. The minimum atomic E-state index is 0.0802. The third kappa shape index (κ3) is 3.29. The second kappa shape index (κ2) is 6.41. The molecular weight excluding hydrogens is 254 g/mol. The molecular formula is C15H21N3O2. The average Bonchev–Trinajstić information content (AvgIpc) is 3.00. The highest BCUT2D eigenvalue weighted by Gasteiger charge is 2.25. The van der Waals surface area contributed by atoms with Crippen LogP contribution in [0.2, 0.25) is 0 Å². The molecule has 1 aliphatic rings. The summed E-state index contributed by atoms with van der Waals surface area (Å²) in [7, 11) is 1.83. The molecule has 1 aromatic rings. The van der Waals surface area contributed by atoms with E-state index in [0.29, 0.717) is 12.1 Å². The molecule has 0 aliphatic heterocycles. The SMILES string of the molecule is CN(Cc1cccc(C(N)=NO)c1)C(=O)C1CCCC1. The summed E-state index contributed by atoms with van der Waals surface area (Å²) in [6.45, 7) is 0.544. The first-order chi connectivity index (χ1) is 9.61. The first-order valence-electron chi connectivity index (χ1n) is 6.93. The van der Waals surface area contributed by atoms with Gasteiger partial charge in [-0.25, -0.2) is 0 Å². The molecule has 1 amide bonds. The van der Waals surface area contributed by atoms with Crippen molar-refractivity contribution in [3.05, 3.63) is 35.4 Å². The predicted octanol–water partition coefficient (Wildman–Crippen LogP) is 1.93. The molecule has 0 spiro atoms. The summed E-state index contributed by atoms with van der Waals surface area (Å²) in [4.78, 5) is 14.0. The molecule has 1 saturated carbocycles. The number of benzene rings is 1. The zero-order valence-electron chi connectivity index (χ0n) is 11.7. The van der Waals surface area contributed by atoms with Crippen molar-refractivity contribution in [3.63, 3.8) is 0 Å². The van der Waals surface area contributed by atoms with Gasteiger partial charge in [0.15, 0.2) is 5.84 Å². The number of carbonyl (C=O) groups excluding carboxylic acids is 1. The smallest absolute Gasteiger partial charge is 0.225 e. The van der Waals surface area contributed by atoms with Crippen LogP contribution in [0.1, 0.15) is 36.8 Å². The van der Waals surface area contributed by atoms with Crippen LogP contribution in [-0.4, -0.2) is 28.9 Å². The van der Waals surface area contributed by atoms with Crippen LogP contribution in [0.3, 0.4) is 0 Å². The fourth-order valence-electron chi connectivity index (χ4n) is 2.72. The summed E-state index contributed by atoms with van der Waals surface area (Å²) < 4.78 is 0. The lowest BCUT2D eigenvalue weighted by atomic mass is 10.1. The van der Waals surface area contributed by atoms with Gasteiger partial charge in [0, 0.05) is 25.1 Å². The summed E-state index contributed by atoms with van der Waals surface area (Å²) in [5, 5.41) is 11.7. The monoisotopic (exact) mass is 275 g/mol. The van der Waals surface area contributed by atoms with E-state index in [2.05, 4.69) is 5.16 Å². The van der Waals surface area contributed by atoms with Crippen LogP contribution in [0.15, 0.2) is 29.4 Å². The molecule has 0 atom stereocenters. The van der Waals surface area contributed by atoms with Gasteiger partial charge in [0.05, 0.1) is 0 Å². The van der Waals surface area contributed by atoms with Crippen molar-refractivity contribution >= 4 is 11.7 Å². The first kappa shape index (κ1) is 14.4. The van der Waals surface area contributed by atoms with Crippen molar-refractivity contribution in [1.29, 1.82) is 0 Å². The Kier molecular flexibility index (Phi) is 4.61. The zero-order valence-corrected chi connectivity index (χ0v) is 11.7. The largest absolute Gasteiger partial charge is 0.409 e. The normalized spacial score (nSPS) is 16.4. The molecule has 1 fully saturated rings. The van der Waals surface area contributed by atoms with Crippen LogP contribution in [0, 0.1) is 5.92 Å². The van der Waals surface area contributed by atoms with Gasteiger partial charge in [-0.1, -0.05) is 36.2 Å². The number of carbonyl (C=O) groups is 1. The molecule has 1 aromatic carbocycles. The Morgan fingerprint density at radius 3 is 2.80 bits per heavy atom. The van der Waals surface area contributed by atoms with Crippen molar-refractivity contribution in [2.45, 2.75) is 32.2 Å². The number of amidine groups is 1. The Morgan fingerprint density at radius 2 is 2.15 bits per heavy atom. The van der Waals surface area contributed by atoms with Crippen LogP contribution < -0.4 is 5.73 Å². The molecule has 20 heavy (non-hydrogen) atoms. The lowest BCUT2D eigenvalue weighted by molar-refractivity contribution is -0.134. The summed E-state index contributed by atoms with van der Waals surface area (Å²) in [6.07, 6.45) is 4.33. The van der Waals surface area contributed by atoms with E-state index in [0.717, 1.165) is 31.2 Å². The number of nitrogens with zero attached hydrogens (tertiary/aromatic N) is 2. The van der Waals surface area contributed by atoms with E-state index < -0.39 is 0 Å². The van der Waals surface area contributed by atoms with E-state index in [-0.39, 0.29) is 17.7 Å². The predicted molar refractivity (Wildman–Crippen MR) is 77.4 cm³/mol. The van der Waals surface area contributed by atoms with Gasteiger partial charge < -0.3 is 15.8 Å². The molecule has 0 radical (unpaired) electrons. The lowest BCUT2D eigenvalue weighted by Crippen LogP contribution is -2.31. The quantitative estimate of drug-likeness (QED) is 0.381. The molecule has 108 valence electrons. The first-order valence-corrected chi connectivity index (χ1v) is 6.93. The van der Waals surface area contributed by atoms with Gasteiger partial charge in [0.1, 0.15) is 0 Å². The van der Waals surface area contributed by atoms with E-state index in [1.54, 1.807) is 11.0 Å². The lowest BCUT2D eigenvalue weighted by Gasteiger charge is -2.21. The number of rotatable bonds is 4. The maximum atomic E-state index is 12.3. The van der Waals surface area contributed by atoms with E-state index in [9.17, 15) is 4.79 Å². The minimum absolute atomic E-state index is 0.0802. The summed E-state index contributed by atoms with van der Waals surface area (Å²) in [5.74, 6) is 0.487. The van der Waals surface area contributed by atoms with Gasteiger partial charge in [-0.2, -0.15) is 0 Å². The third-order valence-electron chi connectivity index (χ3n) is 3.83. The highest BCUT2D eigenvalue weighted by atomic mass is 16.4. The number of nitrogens with two attached hydrogens (primary N) is 1. The van der Waals surface area contributed by atoms with E-state index in [4.69, 9.17) is 10.9 Å². The minimum Gasteiger partial charge on any atom is -0.409 e. The van der Waals surface area contributed by atoms with Crippen LogP contribution in [0.4, 0.5) is 0 Å². The van der Waals surface area contributed by atoms with Gasteiger partial charge in [0.25, 0.3) is 0 Å². The molecule has 5 nitrogen and oxygen atoms in total. The number of amides is 1. The fraction of sp³-hybridized carbons (Fsp3) is 0.467. The maximum Gasteiger partial charge on any atom is 0.225 e. The topological polar surface area (TPSA) is 78.9 Å². The highest BCUT2D eigenvalue weighted by molar-refractivity contribution is 5.97. The molecule has 2 rings (SSSR count). The maximum absolute atomic E-state index is 12.3. The van der Waals surface area contributed by atoms with Crippen molar-refractivity contribution in [2.75, 3.05) is 7.05 Å². The standard InChI is InChI=1S/C15H21N3O2/c1-18(15(19)12-6-2-3-7-12)10-11-5-4-8-13(9-11)14(16)17-20/h4-5,8-9,12,20H,2-3,6-7,10H2,1H3,(H2,16,17). The zero-order chi connectivity index (χ0) is 14.5. The molecule has 3 N–H and O–H groups in total. The highest BCUT2D eigenvalue weighted by Crippen LogP contribution is 2.26. The Balaban J connectivity index is 2.03. The Bertz CT molecular complexity index is 508. The van der Waals surface area contributed by atoms with E-state index >= 15 is 0 Å². The summed E-state index contributed by atoms with van der Waals surface area (Å²) in [5.41, 5.74) is 7.21. The van der Waals surface area contributed by atoms with Crippen molar-refractivity contribution in [2.24, 2.45) is 16.8 Å². The van der Waals surface area contributed by atoms with Crippen molar-refractivity contribution < 1.29 is 10.0 Å². The van der Waals surface area contributed by atoms with Crippen molar-refractivity contribution in [1.82, 2.24) is 4.90 Å². The van der Waals surface area contributed by atoms with Crippen molar-refractivity contribution in [3.8, 4) is 0 Å². The van der Waals surface area contributed by atoms with Crippen LogP contribution in [-0.2, 0) is 11.3 Å². The Labute approximate surface area is 119 Å². The van der Waals surface area contributed by atoms with Gasteiger partial charge in [0.2, 0.25) is 5.91 Å². The Morgan fingerprint density at radius 1 is 1.45 bits per heavy atom. The fourth-order valence-corrected chi connectivity index (χ4v) is 2.72. The van der Waals surface area contributed by atoms with Gasteiger partial charge in [-0.15, -0.1) is 0 Å². The molecule has 0 heterocycles. The second-order valence-electron chi connectivity index (χ2n) is 5.36. The molecule has 5 heteroatoms. The van der Waals surface area contributed by atoms with Crippen LogP contribution in [0.5, 0.6) is 0 Å². The molecule has 1 aliphatic carbocycles.